The Hall–Kier alpha value is -2.58. The fraction of sp³-hybridized carbons (Fsp3) is 0.409. The van der Waals surface area contributed by atoms with Gasteiger partial charge in [0, 0.05) is 18.8 Å². The zero-order chi connectivity index (χ0) is 21.1. The van der Waals surface area contributed by atoms with Gasteiger partial charge in [-0.15, -0.1) is 0 Å². The molecule has 2 aliphatic rings. The monoisotopic (exact) mass is 430 g/mol. The number of methoxy groups -OCH3 is 1. The topological polar surface area (TPSA) is 84.9 Å². The summed E-state index contributed by atoms with van der Waals surface area (Å²) in [6.07, 6.45) is 3.31. The van der Waals surface area contributed by atoms with Gasteiger partial charge in [-0.25, -0.2) is 8.42 Å². The van der Waals surface area contributed by atoms with Crippen LogP contribution in [0.2, 0.25) is 0 Å². The van der Waals surface area contributed by atoms with Crippen LogP contribution >= 0.6 is 0 Å². The van der Waals surface area contributed by atoms with Crippen LogP contribution in [0.15, 0.2) is 47.4 Å². The largest absolute Gasteiger partial charge is 0.495 e. The number of nitrogens with one attached hydrogen (secondary N) is 1. The van der Waals surface area contributed by atoms with Crippen molar-refractivity contribution in [3.8, 4) is 11.5 Å². The van der Waals surface area contributed by atoms with Gasteiger partial charge < -0.3 is 14.8 Å². The van der Waals surface area contributed by atoms with E-state index in [4.69, 9.17) is 9.47 Å². The van der Waals surface area contributed by atoms with E-state index in [9.17, 15) is 13.2 Å². The molecule has 1 amide bonds. The van der Waals surface area contributed by atoms with E-state index in [1.54, 1.807) is 12.1 Å². The van der Waals surface area contributed by atoms with Gasteiger partial charge in [0.15, 0.2) is 0 Å². The van der Waals surface area contributed by atoms with E-state index in [1.165, 1.54) is 17.5 Å². The summed E-state index contributed by atoms with van der Waals surface area (Å²) in [4.78, 5) is 12.9. The molecule has 0 bridgehead atoms. The summed E-state index contributed by atoms with van der Waals surface area (Å²) in [5, 5.41) is 2.85. The van der Waals surface area contributed by atoms with Gasteiger partial charge in [0.2, 0.25) is 15.9 Å². The Morgan fingerprint density at radius 3 is 2.67 bits per heavy atom. The number of carbonyl (C=O) groups is 1. The highest BCUT2D eigenvalue weighted by Gasteiger charge is 2.30. The summed E-state index contributed by atoms with van der Waals surface area (Å²) in [6.45, 7) is 1.29. The molecule has 0 aliphatic carbocycles. The second-order valence-corrected chi connectivity index (χ2v) is 9.55. The molecule has 0 aromatic heterocycles. The highest BCUT2D eigenvalue weighted by molar-refractivity contribution is 7.89. The Labute approximate surface area is 177 Å². The van der Waals surface area contributed by atoms with Gasteiger partial charge >= 0.3 is 0 Å². The van der Waals surface area contributed by atoms with Gasteiger partial charge in [-0.1, -0.05) is 24.6 Å². The third-order valence-corrected chi connectivity index (χ3v) is 7.53. The van der Waals surface area contributed by atoms with E-state index in [2.05, 4.69) is 5.32 Å². The van der Waals surface area contributed by atoms with Crippen molar-refractivity contribution in [1.82, 2.24) is 4.31 Å². The van der Waals surface area contributed by atoms with Crippen molar-refractivity contribution in [2.45, 2.75) is 30.6 Å². The summed E-state index contributed by atoms with van der Waals surface area (Å²) >= 11 is 0. The van der Waals surface area contributed by atoms with Crippen LogP contribution in [-0.2, 0) is 21.2 Å². The van der Waals surface area contributed by atoms with Crippen molar-refractivity contribution in [2.75, 3.05) is 32.1 Å². The fourth-order valence-electron chi connectivity index (χ4n) is 3.94. The quantitative estimate of drug-likeness (QED) is 0.788. The lowest BCUT2D eigenvalue weighted by molar-refractivity contribution is -0.121. The summed E-state index contributed by atoms with van der Waals surface area (Å²) in [5.41, 5.74) is 1.42. The molecule has 0 radical (unpaired) electrons. The molecule has 0 saturated carbocycles. The summed E-state index contributed by atoms with van der Waals surface area (Å²) in [6, 6.07) is 12.4. The predicted molar refractivity (Wildman–Crippen MR) is 113 cm³/mol. The van der Waals surface area contributed by atoms with Crippen LogP contribution in [0.5, 0.6) is 11.5 Å². The minimum absolute atomic E-state index is 0.0786. The van der Waals surface area contributed by atoms with Gasteiger partial charge in [0.05, 0.1) is 13.0 Å². The summed E-state index contributed by atoms with van der Waals surface area (Å²) in [7, 11) is -2.25. The van der Waals surface area contributed by atoms with Crippen LogP contribution < -0.4 is 14.8 Å². The maximum absolute atomic E-state index is 13.2. The first-order valence-electron chi connectivity index (χ1n) is 10.2. The van der Waals surface area contributed by atoms with E-state index in [0.717, 1.165) is 30.6 Å². The van der Waals surface area contributed by atoms with Crippen molar-refractivity contribution < 1.29 is 22.7 Å². The Kier molecular flexibility index (Phi) is 5.97. The molecule has 30 heavy (non-hydrogen) atoms. The van der Waals surface area contributed by atoms with Crippen LogP contribution in [-0.4, -0.2) is 45.4 Å². The lowest BCUT2D eigenvalue weighted by Crippen LogP contribution is -2.36. The molecule has 160 valence electrons. The minimum Gasteiger partial charge on any atom is -0.495 e. The molecular weight excluding hydrogens is 404 g/mol. The molecule has 1 N–H and O–H groups in total. The summed E-state index contributed by atoms with van der Waals surface area (Å²) in [5.74, 6) is 0.537. The van der Waals surface area contributed by atoms with Crippen molar-refractivity contribution in [1.29, 1.82) is 0 Å². The number of para-hydroxylation sites is 1. The smallest absolute Gasteiger partial charge is 0.246 e. The van der Waals surface area contributed by atoms with E-state index in [1.807, 2.05) is 24.3 Å². The van der Waals surface area contributed by atoms with Gasteiger partial charge in [0.1, 0.15) is 23.0 Å². The average Bonchev–Trinajstić information content (AvgIpc) is 2.79. The van der Waals surface area contributed by atoms with Crippen molar-refractivity contribution in [3.05, 3.63) is 48.0 Å². The maximum Gasteiger partial charge on any atom is 0.246 e. The Balaban J connectivity index is 1.54. The van der Waals surface area contributed by atoms with Crippen LogP contribution in [0, 0.1) is 5.92 Å². The number of fused-ring (bicyclic) bond motifs is 1. The Morgan fingerprint density at radius 1 is 1.13 bits per heavy atom. The van der Waals surface area contributed by atoms with Gasteiger partial charge in [-0.2, -0.15) is 4.31 Å². The normalized spacial score (nSPS) is 19.4. The molecule has 1 saturated heterocycles. The third-order valence-electron chi connectivity index (χ3n) is 5.61. The molecule has 2 aromatic rings. The SMILES string of the molecule is COc1ccc(NC(=O)[C@H]2COc3ccccc3C2)cc1S(=O)(=O)N1CCCCC1. The number of sulfonamides is 1. The number of amides is 1. The first-order valence-corrected chi connectivity index (χ1v) is 11.6. The van der Waals surface area contributed by atoms with E-state index in [-0.39, 0.29) is 29.1 Å². The van der Waals surface area contributed by atoms with Gasteiger partial charge in [-0.3, -0.25) is 4.79 Å². The minimum atomic E-state index is -3.70. The molecule has 2 heterocycles. The van der Waals surface area contributed by atoms with Crippen molar-refractivity contribution >= 4 is 21.6 Å². The average molecular weight is 431 g/mol. The number of rotatable bonds is 5. The zero-order valence-electron chi connectivity index (χ0n) is 17.0. The molecule has 8 heteroatoms. The molecule has 0 spiro atoms. The molecular formula is C22H26N2O5S. The van der Waals surface area contributed by atoms with Gasteiger partial charge in [-0.05, 0) is 49.1 Å². The van der Waals surface area contributed by atoms with E-state index in [0.29, 0.717) is 25.2 Å². The number of piperidine rings is 1. The first kappa shape index (κ1) is 20.7. The molecule has 0 unspecified atom stereocenters. The molecule has 1 fully saturated rings. The number of benzene rings is 2. The standard InChI is InChI=1S/C22H26N2O5S/c1-28-20-10-9-18(14-21(20)30(26,27)24-11-5-2-6-12-24)23-22(25)17-13-16-7-3-4-8-19(16)29-15-17/h3-4,7-10,14,17H,2,5-6,11-13,15H2,1H3,(H,23,25)/t17-/m1/s1. The van der Waals surface area contributed by atoms with Gasteiger partial charge in [0.25, 0.3) is 0 Å². The summed E-state index contributed by atoms with van der Waals surface area (Å²) < 4.78 is 38.8. The van der Waals surface area contributed by atoms with Crippen molar-refractivity contribution in [2.24, 2.45) is 5.92 Å². The highest BCUT2D eigenvalue weighted by atomic mass is 32.2. The lowest BCUT2D eigenvalue weighted by atomic mass is 9.96. The first-order chi connectivity index (χ1) is 14.5. The number of ether oxygens (including phenoxy) is 2. The van der Waals surface area contributed by atoms with Crippen LogP contribution in [0.1, 0.15) is 24.8 Å². The second-order valence-electron chi connectivity index (χ2n) is 7.64. The zero-order valence-corrected chi connectivity index (χ0v) is 17.8. The number of anilines is 1. The molecule has 1 atom stereocenters. The number of hydrogen-bond acceptors (Lipinski definition) is 5. The molecule has 2 aromatic carbocycles. The highest BCUT2D eigenvalue weighted by Crippen LogP contribution is 2.32. The van der Waals surface area contributed by atoms with E-state index >= 15 is 0 Å². The predicted octanol–water partition coefficient (Wildman–Crippen LogP) is 3.06. The van der Waals surface area contributed by atoms with Crippen LogP contribution in [0.25, 0.3) is 0 Å². The van der Waals surface area contributed by atoms with Crippen molar-refractivity contribution in [3.63, 3.8) is 0 Å². The lowest BCUT2D eigenvalue weighted by Gasteiger charge is -2.27. The molecule has 7 nitrogen and oxygen atoms in total. The fourth-order valence-corrected chi connectivity index (χ4v) is 5.64. The molecule has 2 aliphatic heterocycles. The number of carbonyl (C=O) groups excluding carboxylic acids is 1. The maximum atomic E-state index is 13.2. The Morgan fingerprint density at radius 2 is 1.90 bits per heavy atom. The van der Waals surface area contributed by atoms with Crippen LogP contribution in [0.4, 0.5) is 5.69 Å². The molecule has 4 rings (SSSR count). The number of nitrogens with zero attached hydrogens (tertiary/aromatic N) is 1. The third kappa shape index (κ3) is 4.15. The van der Waals surface area contributed by atoms with Crippen LogP contribution in [0.3, 0.4) is 0 Å². The number of hydrogen-bond donors (Lipinski definition) is 1. The Bertz CT molecular complexity index is 1030. The second kappa shape index (κ2) is 8.65. The van der Waals surface area contributed by atoms with E-state index < -0.39 is 10.0 Å².